The molecule has 0 spiro atoms. The van der Waals surface area contributed by atoms with Gasteiger partial charge < -0.3 is 0 Å². The first kappa shape index (κ1) is 13.4. The molecule has 0 nitrogen and oxygen atoms in total. The zero-order valence-electron chi connectivity index (χ0n) is 12.1. The van der Waals surface area contributed by atoms with E-state index in [-0.39, 0.29) is 0 Å². The van der Waals surface area contributed by atoms with Gasteiger partial charge in [0.05, 0.1) is 0 Å². The molecule has 2 rings (SSSR count). The summed E-state index contributed by atoms with van der Waals surface area (Å²) < 4.78 is 0. The van der Waals surface area contributed by atoms with E-state index in [0.29, 0.717) is 0 Å². The molecule has 0 N–H and O–H groups in total. The van der Waals surface area contributed by atoms with Gasteiger partial charge in [-0.05, 0) is 55.8 Å². The van der Waals surface area contributed by atoms with E-state index in [4.69, 9.17) is 0 Å². The van der Waals surface area contributed by atoms with E-state index in [9.17, 15) is 0 Å². The standard InChI is InChI=1S/C17H32/c1-3-13-17(14-4-2,15-9-5-6-10-15)16-11-7-8-12-16/h15-16H,3-14H2,1-2H3. The second kappa shape index (κ2) is 6.25. The Morgan fingerprint density at radius 2 is 1.06 bits per heavy atom. The van der Waals surface area contributed by atoms with Gasteiger partial charge in [-0.2, -0.15) is 0 Å². The Morgan fingerprint density at radius 3 is 1.35 bits per heavy atom. The lowest BCUT2D eigenvalue weighted by Gasteiger charge is -2.45. The van der Waals surface area contributed by atoms with Gasteiger partial charge >= 0.3 is 0 Å². The van der Waals surface area contributed by atoms with Crippen LogP contribution >= 0.6 is 0 Å². The molecule has 2 fully saturated rings. The lowest BCUT2D eigenvalue weighted by molar-refractivity contribution is 0.0493. The Morgan fingerprint density at radius 1 is 0.706 bits per heavy atom. The van der Waals surface area contributed by atoms with Crippen LogP contribution in [-0.2, 0) is 0 Å². The molecule has 0 amide bonds. The van der Waals surface area contributed by atoms with Crippen LogP contribution in [0.1, 0.15) is 90.9 Å². The van der Waals surface area contributed by atoms with Crippen molar-refractivity contribution in [2.75, 3.05) is 0 Å². The fourth-order valence-corrected chi connectivity index (χ4v) is 5.21. The highest BCUT2D eigenvalue weighted by molar-refractivity contribution is 4.95. The lowest BCUT2D eigenvalue weighted by atomic mass is 9.60. The first-order chi connectivity index (χ1) is 8.33. The summed E-state index contributed by atoms with van der Waals surface area (Å²) in [5, 5.41) is 0. The molecule has 2 saturated carbocycles. The van der Waals surface area contributed by atoms with Gasteiger partial charge in [0.2, 0.25) is 0 Å². The molecule has 17 heavy (non-hydrogen) atoms. The maximum Gasteiger partial charge on any atom is -0.0241 e. The van der Waals surface area contributed by atoms with Gasteiger partial charge in [-0.25, -0.2) is 0 Å². The van der Waals surface area contributed by atoms with Crippen molar-refractivity contribution in [3.63, 3.8) is 0 Å². The molecule has 0 aliphatic heterocycles. The van der Waals surface area contributed by atoms with Crippen molar-refractivity contribution in [2.45, 2.75) is 90.9 Å². The molecule has 0 aromatic carbocycles. The van der Waals surface area contributed by atoms with E-state index >= 15 is 0 Å². The molecule has 2 aliphatic carbocycles. The first-order valence-corrected chi connectivity index (χ1v) is 8.33. The van der Waals surface area contributed by atoms with Crippen molar-refractivity contribution in [3.05, 3.63) is 0 Å². The molecular formula is C17H32. The molecule has 0 bridgehead atoms. The normalized spacial score (nSPS) is 23.6. The summed E-state index contributed by atoms with van der Waals surface area (Å²) in [7, 11) is 0. The molecule has 2 aliphatic rings. The topological polar surface area (TPSA) is 0 Å². The number of hydrogen-bond donors (Lipinski definition) is 0. The minimum atomic E-state index is 0.760. The van der Waals surface area contributed by atoms with E-state index in [1.54, 1.807) is 25.7 Å². The summed E-state index contributed by atoms with van der Waals surface area (Å²) in [6.07, 6.45) is 18.2. The van der Waals surface area contributed by atoms with Crippen LogP contribution in [0.25, 0.3) is 0 Å². The van der Waals surface area contributed by atoms with Crippen molar-refractivity contribution < 1.29 is 0 Å². The highest BCUT2D eigenvalue weighted by atomic mass is 14.5. The van der Waals surface area contributed by atoms with Crippen LogP contribution in [0.15, 0.2) is 0 Å². The number of rotatable bonds is 6. The zero-order valence-corrected chi connectivity index (χ0v) is 12.1. The van der Waals surface area contributed by atoms with Crippen LogP contribution in [0, 0.1) is 17.3 Å². The Bertz CT molecular complexity index is 182. The van der Waals surface area contributed by atoms with Crippen LogP contribution in [0.3, 0.4) is 0 Å². The van der Waals surface area contributed by atoms with Gasteiger partial charge in [0.15, 0.2) is 0 Å². The Hall–Kier alpha value is 0. The predicted molar refractivity (Wildman–Crippen MR) is 76.2 cm³/mol. The molecule has 0 saturated heterocycles. The molecule has 0 atom stereocenters. The van der Waals surface area contributed by atoms with E-state index in [0.717, 1.165) is 17.3 Å². The summed E-state index contributed by atoms with van der Waals surface area (Å²) in [6.45, 7) is 4.82. The van der Waals surface area contributed by atoms with Crippen molar-refractivity contribution in [3.8, 4) is 0 Å². The fraction of sp³-hybridized carbons (Fsp3) is 1.00. The minimum Gasteiger partial charge on any atom is -0.0654 e. The summed E-state index contributed by atoms with van der Waals surface area (Å²) in [5.41, 5.74) is 0.760. The average molecular weight is 236 g/mol. The van der Waals surface area contributed by atoms with Crippen molar-refractivity contribution >= 4 is 0 Å². The maximum absolute atomic E-state index is 2.41. The predicted octanol–water partition coefficient (Wildman–Crippen LogP) is 5.95. The summed E-state index contributed by atoms with van der Waals surface area (Å²) in [4.78, 5) is 0. The lowest BCUT2D eigenvalue weighted by Crippen LogP contribution is -2.36. The van der Waals surface area contributed by atoms with Crippen LogP contribution < -0.4 is 0 Å². The zero-order chi connectivity index (χ0) is 12.1. The molecule has 0 heterocycles. The van der Waals surface area contributed by atoms with E-state index in [2.05, 4.69) is 13.8 Å². The van der Waals surface area contributed by atoms with E-state index in [1.165, 1.54) is 51.4 Å². The van der Waals surface area contributed by atoms with Gasteiger partial charge in [-0.3, -0.25) is 0 Å². The second-order valence-electron chi connectivity index (χ2n) is 6.70. The smallest absolute Gasteiger partial charge is 0.0241 e. The van der Waals surface area contributed by atoms with E-state index in [1.807, 2.05) is 0 Å². The summed E-state index contributed by atoms with van der Waals surface area (Å²) in [6, 6.07) is 0. The van der Waals surface area contributed by atoms with Crippen LogP contribution in [0.5, 0.6) is 0 Å². The SMILES string of the molecule is CCCC(CCC)(C1CCCC1)C1CCCC1. The molecule has 100 valence electrons. The minimum absolute atomic E-state index is 0.760. The fourth-order valence-electron chi connectivity index (χ4n) is 5.21. The second-order valence-corrected chi connectivity index (χ2v) is 6.70. The highest BCUT2D eigenvalue weighted by Crippen LogP contribution is 2.55. The Labute approximate surface area is 109 Å². The van der Waals surface area contributed by atoms with Gasteiger partial charge in [-0.1, -0.05) is 52.4 Å². The molecule has 0 aromatic rings. The molecular weight excluding hydrogens is 204 g/mol. The van der Waals surface area contributed by atoms with Crippen LogP contribution in [-0.4, -0.2) is 0 Å². The monoisotopic (exact) mass is 236 g/mol. The van der Waals surface area contributed by atoms with Crippen molar-refractivity contribution in [1.82, 2.24) is 0 Å². The van der Waals surface area contributed by atoms with Crippen LogP contribution in [0.4, 0.5) is 0 Å². The van der Waals surface area contributed by atoms with Gasteiger partial charge in [0.25, 0.3) is 0 Å². The quantitative estimate of drug-likeness (QED) is 0.534. The van der Waals surface area contributed by atoms with Gasteiger partial charge in [0, 0.05) is 0 Å². The average Bonchev–Trinajstić information content (AvgIpc) is 3.02. The van der Waals surface area contributed by atoms with Crippen LogP contribution in [0.2, 0.25) is 0 Å². The molecule has 0 radical (unpaired) electrons. The van der Waals surface area contributed by atoms with Gasteiger partial charge in [-0.15, -0.1) is 0 Å². The first-order valence-electron chi connectivity index (χ1n) is 8.33. The molecule has 0 unspecified atom stereocenters. The maximum atomic E-state index is 2.41. The molecule has 0 heteroatoms. The molecule has 0 aromatic heterocycles. The summed E-state index contributed by atoms with van der Waals surface area (Å²) in [5.74, 6) is 2.18. The largest absolute Gasteiger partial charge is 0.0654 e. The highest BCUT2D eigenvalue weighted by Gasteiger charge is 2.44. The number of hydrogen-bond acceptors (Lipinski definition) is 0. The Kier molecular flexibility index (Phi) is 4.94. The van der Waals surface area contributed by atoms with Crippen molar-refractivity contribution in [1.29, 1.82) is 0 Å². The third-order valence-electron chi connectivity index (χ3n) is 5.77. The summed E-state index contributed by atoms with van der Waals surface area (Å²) >= 11 is 0. The van der Waals surface area contributed by atoms with E-state index < -0.39 is 0 Å². The third kappa shape index (κ3) is 2.71. The third-order valence-corrected chi connectivity index (χ3v) is 5.77. The Balaban J connectivity index is 2.16. The van der Waals surface area contributed by atoms with Gasteiger partial charge in [0.1, 0.15) is 0 Å². The van der Waals surface area contributed by atoms with Crippen molar-refractivity contribution in [2.24, 2.45) is 17.3 Å².